The van der Waals surface area contributed by atoms with E-state index in [1.54, 1.807) is 7.05 Å². The first-order valence-electron chi connectivity index (χ1n) is 4.38. The molecule has 5 heteroatoms. The Labute approximate surface area is 76.6 Å². The van der Waals surface area contributed by atoms with Gasteiger partial charge in [0.25, 0.3) is 0 Å². The van der Waals surface area contributed by atoms with Gasteiger partial charge >= 0.3 is 0 Å². The van der Waals surface area contributed by atoms with E-state index < -0.39 is 0 Å². The molecule has 1 amide bonds. The van der Waals surface area contributed by atoms with Gasteiger partial charge in [-0.15, -0.1) is 0 Å². The maximum atomic E-state index is 11.7. The lowest BCUT2D eigenvalue weighted by Gasteiger charge is -2.35. The molecular formula is C8H13N3O2. The van der Waals surface area contributed by atoms with Crippen LogP contribution in [-0.4, -0.2) is 43.1 Å². The minimum Gasteiger partial charge on any atom is -0.379 e. The monoisotopic (exact) mass is 183 g/mol. The molecule has 2 heterocycles. The highest BCUT2D eigenvalue weighted by atomic mass is 16.5. The molecule has 0 aromatic carbocycles. The quantitative estimate of drug-likeness (QED) is 0.533. The van der Waals surface area contributed by atoms with Crippen molar-refractivity contribution in [3.63, 3.8) is 0 Å². The van der Waals surface area contributed by atoms with Gasteiger partial charge in [-0.3, -0.25) is 9.69 Å². The Bertz CT molecular complexity index is 264. The van der Waals surface area contributed by atoms with Gasteiger partial charge in [0.05, 0.1) is 18.6 Å². The number of guanidine groups is 1. The fourth-order valence-corrected chi connectivity index (χ4v) is 1.76. The van der Waals surface area contributed by atoms with Crippen molar-refractivity contribution in [1.82, 2.24) is 4.90 Å². The van der Waals surface area contributed by atoms with Gasteiger partial charge in [0.2, 0.25) is 5.91 Å². The second-order valence-electron chi connectivity index (χ2n) is 3.42. The van der Waals surface area contributed by atoms with E-state index in [1.165, 1.54) is 4.90 Å². The smallest absolute Gasteiger partial charge is 0.234 e. The van der Waals surface area contributed by atoms with Crippen LogP contribution in [0.1, 0.15) is 6.42 Å². The summed E-state index contributed by atoms with van der Waals surface area (Å²) in [6, 6.07) is -0.0579. The number of hydrogen-bond acceptors (Lipinski definition) is 4. The van der Waals surface area contributed by atoms with E-state index in [1.807, 2.05) is 0 Å². The minimum atomic E-state index is -0.0579. The Morgan fingerprint density at radius 1 is 1.69 bits per heavy atom. The van der Waals surface area contributed by atoms with Gasteiger partial charge in [-0.05, 0) is 6.42 Å². The van der Waals surface area contributed by atoms with E-state index in [2.05, 4.69) is 4.99 Å². The first-order valence-corrected chi connectivity index (χ1v) is 4.38. The first-order chi connectivity index (χ1) is 6.20. The number of carbonyl (C=O) groups excluding carboxylic acids is 1. The second kappa shape index (κ2) is 2.99. The maximum Gasteiger partial charge on any atom is 0.234 e. The zero-order valence-corrected chi connectivity index (χ0v) is 7.56. The number of fused-ring (bicyclic) bond motifs is 1. The Balaban J connectivity index is 2.26. The molecular weight excluding hydrogens is 170 g/mol. The van der Waals surface area contributed by atoms with Crippen molar-refractivity contribution in [3.05, 3.63) is 0 Å². The number of ether oxygens (including phenoxy) is 1. The van der Waals surface area contributed by atoms with Gasteiger partial charge in [-0.1, -0.05) is 0 Å². The molecule has 0 aromatic rings. The van der Waals surface area contributed by atoms with Crippen LogP contribution < -0.4 is 5.73 Å². The highest BCUT2D eigenvalue weighted by Crippen LogP contribution is 2.23. The predicted molar refractivity (Wildman–Crippen MR) is 47.1 cm³/mol. The standard InChI is InChI=1S/C8H13N3O2/c1-11-7(12)5-2-3-13-4-6(5)10-8(11)9/h5-6H,2-4H2,1H3,(H2,9,10). The molecule has 2 aliphatic heterocycles. The third kappa shape index (κ3) is 1.29. The molecule has 2 atom stereocenters. The second-order valence-corrected chi connectivity index (χ2v) is 3.42. The van der Waals surface area contributed by atoms with Crippen LogP contribution in [0.5, 0.6) is 0 Å². The van der Waals surface area contributed by atoms with E-state index in [9.17, 15) is 4.79 Å². The van der Waals surface area contributed by atoms with Crippen molar-refractivity contribution >= 4 is 11.9 Å². The molecule has 2 unspecified atom stereocenters. The number of hydrogen-bond donors (Lipinski definition) is 1. The molecule has 1 fully saturated rings. The fourth-order valence-electron chi connectivity index (χ4n) is 1.76. The van der Waals surface area contributed by atoms with Crippen LogP contribution in [0, 0.1) is 5.92 Å². The predicted octanol–water partition coefficient (Wildman–Crippen LogP) is -0.822. The largest absolute Gasteiger partial charge is 0.379 e. The topological polar surface area (TPSA) is 67.9 Å². The molecule has 72 valence electrons. The molecule has 2 aliphatic rings. The summed E-state index contributed by atoms with van der Waals surface area (Å²) in [6.07, 6.45) is 0.755. The van der Waals surface area contributed by atoms with Gasteiger partial charge in [0.1, 0.15) is 0 Å². The van der Waals surface area contributed by atoms with Gasteiger partial charge in [-0.2, -0.15) is 0 Å². The number of carbonyl (C=O) groups is 1. The summed E-state index contributed by atoms with van der Waals surface area (Å²) in [5.41, 5.74) is 5.58. The molecule has 13 heavy (non-hydrogen) atoms. The number of rotatable bonds is 0. The first kappa shape index (κ1) is 8.50. The molecule has 2 rings (SSSR count). The van der Waals surface area contributed by atoms with Crippen LogP contribution in [0.4, 0.5) is 0 Å². The third-order valence-corrected chi connectivity index (χ3v) is 2.62. The van der Waals surface area contributed by atoms with E-state index in [0.717, 1.165) is 6.42 Å². The summed E-state index contributed by atoms with van der Waals surface area (Å²) >= 11 is 0. The van der Waals surface area contributed by atoms with Crippen molar-refractivity contribution in [2.24, 2.45) is 16.6 Å². The number of aliphatic imine (C=N–C) groups is 1. The SMILES string of the molecule is CN1C(=O)C2CCOCC2N=C1N. The summed E-state index contributed by atoms with van der Waals surface area (Å²) in [4.78, 5) is 17.3. The minimum absolute atomic E-state index is 0.0222. The van der Waals surface area contributed by atoms with Gasteiger partial charge in [-0.25, -0.2) is 4.99 Å². The molecule has 0 radical (unpaired) electrons. The van der Waals surface area contributed by atoms with Crippen LogP contribution in [0.3, 0.4) is 0 Å². The van der Waals surface area contributed by atoms with E-state index in [0.29, 0.717) is 19.2 Å². The maximum absolute atomic E-state index is 11.7. The molecule has 5 nitrogen and oxygen atoms in total. The van der Waals surface area contributed by atoms with Crippen molar-refractivity contribution in [2.75, 3.05) is 20.3 Å². The Morgan fingerprint density at radius 3 is 3.23 bits per heavy atom. The van der Waals surface area contributed by atoms with Crippen LogP contribution >= 0.6 is 0 Å². The lowest BCUT2D eigenvalue weighted by atomic mass is 9.93. The molecule has 0 aliphatic carbocycles. The number of nitrogens with zero attached hydrogens (tertiary/aromatic N) is 2. The fraction of sp³-hybridized carbons (Fsp3) is 0.750. The zero-order chi connectivity index (χ0) is 9.42. The van der Waals surface area contributed by atoms with Gasteiger partial charge in [0, 0.05) is 13.7 Å². The summed E-state index contributed by atoms with van der Waals surface area (Å²) in [7, 11) is 1.66. The summed E-state index contributed by atoms with van der Waals surface area (Å²) in [5.74, 6) is 0.351. The van der Waals surface area contributed by atoms with Gasteiger partial charge in [0.15, 0.2) is 5.96 Å². The summed E-state index contributed by atoms with van der Waals surface area (Å²) < 4.78 is 5.24. The Hall–Kier alpha value is -1.10. The molecule has 0 aromatic heterocycles. The van der Waals surface area contributed by atoms with Crippen molar-refractivity contribution < 1.29 is 9.53 Å². The van der Waals surface area contributed by atoms with Crippen molar-refractivity contribution in [3.8, 4) is 0 Å². The van der Waals surface area contributed by atoms with Crippen LogP contribution in [0.25, 0.3) is 0 Å². The van der Waals surface area contributed by atoms with Crippen LogP contribution in [-0.2, 0) is 9.53 Å². The Morgan fingerprint density at radius 2 is 2.46 bits per heavy atom. The number of nitrogens with two attached hydrogens (primary N) is 1. The third-order valence-electron chi connectivity index (χ3n) is 2.62. The molecule has 0 bridgehead atoms. The highest BCUT2D eigenvalue weighted by molar-refractivity contribution is 5.99. The van der Waals surface area contributed by atoms with E-state index in [-0.39, 0.29) is 17.9 Å². The zero-order valence-electron chi connectivity index (χ0n) is 7.56. The lowest BCUT2D eigenvalue weighted by molar-refractivity contribution is -0.135. The Kier molecular flexibility index (Phi) is 1.95. The van der Waals surface area contributed by atoms with E-state index >= 15 is 0 Å². The van der Waals surface area contributed by atoms with E-state index in [4.69, 9.17) is 10.5 Å². The van der Waals surface area contributed by atoms with Crippen molar-refractivity contribution in [2.45, 2.75) is 12.5 Å². The molecule has 2 N–H and O–H groups in total. The molecule has 0 spiro atoms. The van der Waals surface area contributed by atoms with Crippen molar-refractivity contribution in [1.29, 1.82) is 0 Å². The summed E-state index contributed by atoms with van der Waals surface area (Å²) in [5, 5.41) is 0. The highest BCUT2D eigenvalue weighted by Gasteiger charge is 2.37. The van der Waals surface area contributed by atoms with Gasteiger partial charge < -0.3 is 10.5 Å². The lowest BCUT2D eigenvalue weighted by Crippen LogP contribution is -2.52. The van der Waals surface area contributed by atoms with Crippen LogP contribution in [0.2, 0.25) is 0 Å². The average molecular weight is 183 g/mol. The average Bonchev–Trinajstić information content (AvgIpc) is 2.15. The normalized spacial score (nSPS) is 34.1. The number of amides is 1. The molecule has 0 saturated carbocycles. The summed E-state index contributed by atoms with van der Waals surface area (Å²) in [6.45, 7) is 1.17. The van der Waals surface area contributed by atoms with Crippen LogP contribution in [0.15, 0.2) is 4.99 Å². The molecule has 1 saturated heterocycles.